The molecule has 2 aliphatic carbocycles. The number of aryl methyl sites for hydroxylation is 2. The predicted octanol–water partition coefficient (Wildman–Crippen LogP) is 6.76. The van der Waals surface area contributed by atoms with Gasteiger partial charge in [0.1, 0.15) is 0 Å². The van der Waals surface area contributed by atoms with E-state index in [2.05, 4.69) is 88.4 Å². The van der Waals surface area contributed by atoms with Gasteiger partial charge in [-0.2, -0.15) is 0 Å². The van der Waals surface area contributed by atoms with Crippen molar-refractivity contribution in [2.24, 2.45) is 5.41 Å². The highest BCUT2D eigenvalue weighted by Gasteiger charge is 2.41. The molecule has 0 nitrogen and oxygen atoms in total. The lowest BCUT2D eigenvalue weighted by atomic mass is 9.66. The van der Waals surface area contributed by atoms with Crippen molar-refractivity contribution in [3.63, 3.8) is 0 Å². The van der Waals surface area contributed by atoms with Gasteiger partial charge in [0, 0.05) is 11.8 Å². The van der Waals surface area contributed by atoms with E-state index in [0.29, 0.717) is 11.8 Å². The second-order valence-corrected chi connectivity index (χ2v) is 8.04. The van der Waals surface area contributed by atoms with Crippen LogP contribution in [0.2, 0.25) is 0 Å². The molecule has 0 bridgehead atoms. The quantitative estimate of drug-likeness (QED) is 0.581. The lowest BCUT2D eigenvalue weighted by molar-refractivity contribution is 0.292. The highest BCUT2D eigenvalue weighted by Crippen LogP contribution is 2.54. The molecule has 0 heteroatoms. The molecule has 0 heterocycles. The number of hydrogen-bond donors (Lipinski definition) is 0. The standard InChI is InChI=1S/C25H28/c1-5-17-9-7-11-21-19(17)13-15-23(21)25(3,4)24-16-14-20-18(6-2)10-8-12-22(20)24/h7-16,23-24H,5-6H2,1-4H3/t23-,24-/m0/s1. The summed E-state index contributed by atoms with van der Waals surface area (Å²) in [5, 5.41) is 0. The summed E-state index contributed by atoms with van der Waals surface area (Å²) in [4.78, 5) is 0. The van der Waals surface area contributed by atoms with E-state index in [9.17, 15) is 0 Å². The van der Waals surface area contributed by atoms with Gasteiger partial charge in [-0.15, -0.1) is 0 Å². The van der Waals surface area contributed by atoms with Crippen molar-refractivity contribution in [2.75, 3.05) is 0 Å². The maximum absolute atomic E-state index is 2.44. The van der Waals surface area contributed by atoms with Crippen LogP contribution in [0.5, 0.6) is 0 Å². The minimum absolute atomic E-state index is 0.155. The third-order valence-corrected chi connectivity index (χ3v) is 6.41. The fourth-order valence-electron chi connectivity index (χ4n) is 4.91. The molecule has 2 atom stereocenters. The van der Waals surface area contributed by atoms with Crippen LogP contribution in [-0.2, 0) is 12.8 Å². The van der Waals surface area contributed by atoms with Gasteiger partial charge in [0.05, 0.1) is 0 Å². The molecule has 4 rings (SSSR count). The molecule has 0 saturated carbocycles. The van der Waals surface area contributed by atoms with E-state index in [1.165, 1.54) is 33.4 Å². The fourth-order valence-corrected chi connectivity index (χ4v) is 4.91. The molecule has 128 valence electrons. The monoisotopic (exact) mass is 328 g/mol. The molecular formula is C25H28. The average molecular weight is 328 g/mol. The van der Waals surface area contributed by atoms with Gasteiger partial charge in [0.25, 0.3) is 0 Å². The Morgan fingerprint density at radius 2 is 1.16 bits per heavy atom. The topological polar surface area (TPSA) is 0 Å². The Morgan fingerprint density at radius 1 is 0.720 bits per heavy atom. The summed E-state index contributed by atoms with van der Waals surface area (Å²) in [6.45, 7) is 9.39. The number of fused-ring (bicyclic) bond motifs is 2. The zero-order chi connectivity index (χ0) is 17.6. The summed E-state index contributed by atoms with van der Waals surface area (Å²) in [7, 11) is 0. The number of allylic oxidation sites excluding steroid dienone is 2. The Labute approximate surface area is 152 Å². The molecule has 2 aromatic rings. The van der Waals surface area contributed by atoms with Crippen LogP contribution in [0.4, 0.5) is 0 Å². The zero-order valence-corrected chi connectivity index (χ0v) is 15.8. The maximum atomic E-state index is 2.44. The Balaban J connectivity index is 1.76. The van der Waals surface area contributed by atoms with E-state index in [1.807, 2.05) is 0 Å². The fraction of sp³-hybridized carbons (Fsp3) is 0.360. The molecular weight excluding hydrogens is 300 g/mol. The molecule has 0 amide bonds. The van der Waals surface area contributed by atoms with Crippen molar-refractivity contribution >= 4 is 12.2 Å². The summed E-state index contributed by atoms with van der Waals surface area (Å²) in [6, 6.07) is 13.7. The Morgan fingerprint density at radius 3 is 1.56 bits per heavy atom. The van der Waals surface area contributed by atoms with Gasteiger partial charge in [-0.05, 0) is 51.6 Å². The molecule has 2 aromatic carbocycles. The van der Waals surface area contributed by atoms with E-state index >= 15 is 0 Å². The first-order valence-corrected chi connectivity index (χ1v) is 9.67. The van der Waals surface area contributed by atoms with E-state index in [4.69, 9.17) is 0 Å². The van der Waals surface area contributed by atoms with E-state index in [0.717, 1.165) is 12.8 Å². The van der Waals surface area contributed by atoms with Gasteiger partial charge in [0.15, 0.2) is 0 Å². The summed E-state index contributed by atoms with van der Waals surface area (Å²) in [6.07, 6.45) is 11.8. The lowest BCUT2D eigenvalue weighted by Gasteiger charge is -2.37. The van der Waals surface area contributed by atoms with Gasteiger partial charge in [-0.1, -0.05) is 88.4 Å². The van der Waals surface area contributed by atoms with Gasteiger partial charge in [0.2, 0.25) is 0 Å². The number of benzene rings is 2. The minimum Gasteiger partial charge on any atom is -0.0758 e. The molecule has 0 radical (unpaired) electrons. The van der Waals surface area contributed by atoms with Gasteiger partial charge in [-0.25, -0.2) is 0 Å². The largest absolute Gasteiger partial charge is 0.0758 e. The van der Waals surface area contributed by atoms with Crippen LogP contribution in [0.1, 0.15) is 72.9 Å². The molecule has 25 heavy (non-hydrogen) atoms. The Hall–Kier alpha value is -2.08. The van der Waals surface area contributed by atoms with Crippen LogP contribution in [0, 0.1) is 5.41 Å². The first-order chi connectivity index (χ1) is 12.1. The molecule has 0 fully saturated rings. The zero-order valence-electron chi connectivity index (χ0n) is 15.8. The van der Waals surface area contributed by atoms with Crippen LogP contribution in [0.25, 0.3) is 12.2 Å². The molecule has 0 spiro atoms. The van der Waals surface area contributed by atoms with Crippen molar-refractivity contribution in [1.29, 1.82) is 0 Å². The van der Waals surface area contributed by atoms with Gasteiger partial charge < -0.3 is 0 Å². The predicted molar refractivity (Wildman–Crippen MR) is 109 cm³/mol. The maximum Gasteiger partial charge on any atom is 0.00874 e. The SMILES string of the molecule is CCc1cccc2c1C=C[C@@H]2C(C)(C)[C@H]1C=Cc2c(CC)cccc21. The van der Waals surface area contributed by atoms with Crippen LogP contribution < -0.4 is 0 Å². The lowest BCUT2D eigenvalue weighted by Crippen LogP contribution is -2.26. The summed E-state index contributed by atoms with van der Waals surface area (Å²) in [5.74, 6) is 0.944. The van der Waals surface area contributed by atoms with E-state index in [-0.39, 0.29) is 5.41 Å². The van der Waals surface area contributed by atoms with Gasteiger partial charge >= 0.3 is 0 Å². The highest BCUT2D eigenvalue weighted by atomic mass is 14.4. The minimum atomic E-state index is 0.155. The molecule has 0 aromatic heterocycles. The highest BCUT2D eigenvalue weighted by molar-refractivity contribution is 5.69. The van der Waals surface area contributed by atoms with Crippen LogP contribution >= 0.6 is 0 Å². The summed E-state index contributed by atoms with van der Waals surface area (Å²) < 4.78 is 0. The van der Waals surface area contributed by atoms with E-state index < -0.39 is 0 Å². The molecule has 0 aliphatic heterocycles. The summed E-state index contributed by atoms with van der Waals surface area (Å²) >= 11 is 0. The van der Waals surface area contributed by atoms with Crippen molar-refractivity contribution in [1.82, 2.24) is 0 Å². The average Bonchev–Trinajstić information content (AvgIpc) is 3.25. The second-order valence-electron chi connectivity index (χ2n) is 8.04. The third kappa shape index (κ3) is 2.42. The molecule has 0 N–H and O–H groups in total. The molecule has 2 aliphatic rings. The molecule has 0 unspecified atom stereocenters. The molecule has 0 saturated heterocycles. The van der Waals surface area contributed by atoms with E-state index in [1.54, 1.807) is 0 Å². The number of rotatable bonds is 4. The first-order valence-electron chi connectivity index (χ1n) is 9.67. The van der Waals surface area contributed by atoms with Crippen LogP contribution in [0.15, 0.2) is 48.6 Å². The summed E-state index contributed by atoms with van der Waals surface area (Å²) in [5.41, 5.74) is 9.06. The normalized spacial score (nSPS) is 20.8. The Kier molecular flexibility index (Phi) is 3.95. The number of hydrogen-bond acceptors (Lipinski definition) is 0. The smallest absolute Gasteiger partial charge is 0.00874 e. The second kappa shape index (κ2) is 6.02. The van der Waals surface area contributed by atoms with Crippen molar-refractivity contribution in [3.8, 4) is 0 Å². The first kappa shape index (κ1) is 16.4. The third-order valence-electron chi connectivity index (χ3n) is 6.41. The van der Waals surface area contributed by atoms with Crippen molar-refractivity contribution < 1.29 is 0 Å². The van der Waals surface area contributed by atoms with Crippen LogP contribution in [-0.4, -0.2) is 0 Å². The van der Waals surface area contributed by atoms with Crippen LogP contribution in [0.3, 0.4) is 0 Å². The van der Waals surface area contributed by atoms with Gasteiger partial charge in [-0.3, -0.25) is 0 Å². The van der Waals surface area contributed by atoms with Crippen molar-refractivity contribution in [2.45, 2.75) is 52.4 Å². The Bertz CT molecular complexity index is 792. The van der Waals surface area contributed by atoms with Crippen molar-refractivity contribution in [3.05, 3.63) is 81.9 Å².